The minimum Gasteiger partial charge on any atom is -0.463 e. The van der Waals surface area contributed by atoms with Crippen molar-refractivity contribution in [1.82, 2.24) is 10.6 Å². The van der Waals surface area contributed by atoms with Crippen LogP contribution >= 0.6 is 0 Å². The van der Waals surface area contributed by atoms with Gasteiger partial charge >= 0.3 is 11.9 Å². The summed E-state index contributed by atoms with van der Waals surface area (Å²) >= 11 is 0. The molecule has 0 saturated heterocycles. The van der Waals surface area contributed by atoms with E-state index in [1.807, 2.05) is 0 Å². The summed E-state index contributed by atoms with van der Waals surface area (Å²) in [7, 11) is 0. The van der Waals surface area contributed by atoms with Gasteiger partial charge in [0.05, 0.1) is 12.8 Å². The minimum absolute atomic E-state index is 0.157. The van der Waals surface area contributed by atoms with E-state index in [0.717, 1.165) is 38.8 Å². The predicted molar refractivity (Wildman–Crippen MR) is 92.7 cm³/mol. The first-order valence-corrected chi connectivity index (χ1v) is 9.00. The molecule has 0 aliphatic rings. The van der Waals surface area contributed by atoms with Crippen molar-refractivity contribution in [2.75, 3.05) is 39.4 Å². The summed E-state index contributed by atoms with van der Waals surface area (Å²) in [4.78, 5) is 22.9. The normalized spacial score (nSPS) is 10.8. The largest absolute Gasteiger partial charge is 0.463 e. The number of aliphatic hydroxyl groups is 1. The average molecular weight is 346 g/mol. The minimum atomic E-state index is -0.987. The third kappa shape index (κ3) is 15.7. The van der Waals surface area contributed by atoms with Gasteiger partial charge in [-0.1, -0.05) is 26.7 Å². The van der Waals surface area contributed by atoms with Gasteiger partial charge in [0.15, 0.2) is 0 Å². The zero-order chi connectivity index (χ0) is 18.0. The van der Waals surface area contributed by atoms with Crippen LogP contribution < -0.4 is 10.6 Å². The number of unbranched alkanes of at least 4 members (excludes halogenated alkanes) is 2. The van der Waals surface area contributed by atoms with Crippen molar-refractivity contribution < 1.29 is 24.2 Å². The van der Waals surface area contributed by atoms with E-state index in [2.05, 4.69) is 24.5 Å². The molecule has 3 N–H and O–H groups in total. The highest BCUT2D eigenvalue weighted by Crippen LogP contribution is 1.94. The van der Waals surface area contributed by atoms with Crippen molar-refractivity contribution in [1.29, 1.82) is 0 Å². The lowest BCUT2D eigenvalue weighted by molar-refractivity contribution is -0.152. The van der Waals surface area contributed by atoms with Crippen LogP contribution in [-0.4, -0.2) is 62.5 Å². The lowest BCUT2D eigenvalue weighted by atomic mass is 10.3. The Kier molecular flexibility index (Phi) is 15.9. The van der Waals surface area contributed by atoms with Crippen molar-refractivity contribution in [3.05, 3.63) is 0 Å². The van der Waals surface area contributed by atoms with Crippen molar-refractivity contribution in [3.63, 3.8) is 0 Å². The molecule has 0 unspecified atom stereocenters. The molecular formula is C17H34N2O5. The Morgan fingerprint density at radius 1 is 0.833 bits per heavy atom. The van der Waals surface area contributed by atoms with Gasteiger partial charge < -0.3 is 25.2 Å². The molecule has 0 rings (SSSR count). The summed E-state index contributed by atoms with van der Waals surface area (Å²) in [6.07, 6.45) is 3.91. The van der Waals surface area contributed by atoms with E-state index in [9.17, 15) is 14.7 Å². The zero-order valence-corrected chi connectivity index (χ0v) is 15.1. The van der Waals surface area contributed by atoms with E-state index >= 15 is 0 Å². The van der Waals surface area contributed by atoms with Gasteiger partial charge in [-0.05, 0) is 25.9 Å². The first-order valence-electron chi connectivity index (χ1n) is 9.00. The number of esters is 2. The maximum atomic E-state index is 11.5. The standard InChI is InChI=1S/C17H34N2O5/c1-3-5-9-18-11-7-16(21)23-13-15(20)14-24-17(22)8-12-19-10-6-4-2/h15,18-20H,3-14H2,1-2H3. The number of ether oxygens (including phenoxy) is 2. The highest BCUT2D eigenvalue weighted by molar-refractivity contribution is 5.70. The molecule has 7 heteroatoms. The van der Waals surface area contributed by atoms with Gasteiger partial charge in [0, 0.05) is 13.1 Å². The van der Waals surface area contributed by atoms with Gasteiger partial charge in [0.2, 0.25) is 0 Å². The van der Waals surface area contributed by atoms with Gasteiger partial charge in [-0.2, -0.15) is 0 Å². The van der Waals surface area contributed by atoms with Gasteiger partial charge in [-0.15, -0.1) is 0 Å². The number of aliphatic hydroxyl groups excluding tert-OH is 1. The lowest BCUT2D eigenvalue weighted by Gasteiger charge is -2.12. The predicted octanol–water partition coefficient (Wildman–Crippen LogP) is 0.993. The number of nitrogens with one attached hydrogen (secondary N) is 2. The Labute approximate surface area is 145 Å². The monoisotopic (exact) mass is 346 g/mol. The maximum absolute atomic E-state index is 11.5. The van der Waals surface area contributed by atoms with E-state index in [1.54, 1.807) is 0 Å². The molecule has 24 heavy (non-hydrogen) atoms. The van der Waals surface area contributed by atoms with Gasteiger partial charge in [0.25, 0.3) is 0 Å². The summed E-state index contributed by atoms with van der Waals surface area (Å²) in [5, 5.41) is 15.9. The summed E-state index contributed by atoms with van der Waals surface area (Å²) in [5.41, 5.74) is 0. The second kappa shape index (κ2) is 16.7. The summed E-state index contributed by atoms with van der Waals surface area (Å²) in [6, 6.07) is 0. The second-order valence-corrected chi connectivity index (χ2v) is 5.73. The second-order valence-electron chi connectivity index (χ2n) is 5.73. The van der Waals surface area contributed by atoms with E-state index in [0.29, 0.717) is 13.1 Å². The average Bonchev–Trinajstić information content (AvgIpc) is 2.57. The van der Waals surface area contributed by atoms with Crippen molar-refractivity contribution in [3.8, 4) is 0 Å². The summed E-state index contributed by atoms with van der Waals surface area (Å²) < 4.78 is 9.87. The molecule has 0 atom stereocenters. The Bertz CT molecular complexity index is 296. The maximum Gasteiger partial charge on any atom is 0.307 e. The van der Waals surface area contributed by atoms with Crippen LogP contribution in [0.4, 0.5) is 0 Å². The van der Waals surface area contributed by atoms with E-state index < -0.39 is 6.10 Å². The molecule has 0 aromatic heterocycles. The number of rotatable bonds is 16. The Balaban J connectivity index is 3.51. The molecule has 0 spiro atoms. The van der Waals surface area contributed by atoms with Crippen LogP contribution in [0.2, 0.25) is 0 Å². The van der Waals surface area contributed by atoms with Crippen LogP contribution in [0.25, 0.3) is 0 Å². The molecular weight excluding hydrogens is 312 g/mol. The highest BCUT2D eigenvalue weighted by Gasteiger charge is 2.11. The van der Waals surface area contributed by atoms with Gasteiger partial charge in [-0.3, -0.25) is 9.59 Å². The number of hydrogen-bond donors (Lipinski definition) is 3. The Morgan fingerprint density at radius 3 is 1.62 bits per heavy atom. The molecule has 0 aliphatic carbocycles. The van der Waals surface area contributed by atoms with Crippen LogP contribution in [0.5, 0.6) is 0 Å². The van der Waals surface area contributed by atoms with Crippen molar-refractivity contribution in [2.45, 2.75) is 58.5 Å². The lowest BCUT2D eigenvalue weighted by Crippen LogP contribution is -2.27. The van der Waals surface area contributed by atoms with E-state index in [1.165, 1.54) is 0 Å². The molecule has 0 heterocycles. The number of carbonyl (C=O) groups is 2. The smallest absolute Gasteiger partial charge is 0.307 e. The molecule has 0 saturated carbocycles. The number of hydrogen-bond acceptors (Lipinski definition) is 7. The molecule has 0 radical (unpaired) electrons. The molecule has 7 nitrogen and oxygen atoms in total. The Morgan fingerprint density at radius 2 is 1.25 bits per heavy atom. The molecule has 0 aliphatic heterocycles. The van der Waals surface area contributed by atoms with Gasteiger partial charge in [-0.25, -0.2) is 0 Å². The molecule has 0 aromatic carbocycles. The fraction of sp³-hybridized carbons (Fsp3) is 0.882. The highest BCUT2D eigenvalue weighted by atomic mass is 16.6. The van der Waals surface area contributed by atoms with Crippen LogP contribution in [0, 0.1) is 0 Å². The summed E-state index contributed by atoms with van der Waals surface area (Å²) in [6.45, 7) is 6.79. The summed E-state index contributed by atoms with van der Waals surface area (Å²) in [5.74, 6) is -0.742. The van der Waals surface area contributed by atoms with Crippen LogP contribution in [-0.2, 0) is 19.1 Å². The third-order valence-corrected chi connectivity index (χ3v) is 3.30. The zero-order valence-electron chi connectivity index (χ0n) is 15.1. The quantitative estimate of drug-likeness (QED) is 0.283. The topological polar surface area (TPSA) is 96.9 Å². The van der Waals surface area contributed by atoms with E-state index in [-0.39, 0.29) is 38.0 Å². The van der Waals surface area contributed by atoms with Crippen molar-refractivity contribution in [2.24, 2.45) is 0 Å². The first kappa shape index (κ1) is 22.8. The van der Waals surface area contributed by atoms with Crippen LogP contribution in [0.15, 0.2) is 0 Å². The van der Waals surface area contributed by atoms with Crippen LogP contribution in [0.3, 0.4) is 0 Å². The molecule has 0 amide bonds. The SMILES string of the molecule is CCCCNCCC(=O)OCC(O)COC(=O)CCNCCCC. The van der Waals surface area contributed by atoms with Gasteiger partial charge in [0.1, 0.15) is 19.3 Å². The Hall–Kier alpha value is -1.18. The fourth-order valence-corrected chi connectivity index (χ4v) is 1.81. The fourth-order valence-electron chi connectivity index (χ4n) is 1.81. The first-order chi connectivity index (χ1) is 11.6. The number of carbonyl (C=O) groups excluding carboxylic acids is 2. The molecule has 0 bridgehead atoms. The third-order valence-electron chi connectivity index (χ3n) is 3.30. The van der Waals surface area contributed by atoms with E-state index in [4.69, 9.17) is 9.47 Å². The molecule has 0 aromatic rings. The van der Waals surface area contributed by atoms with Crippen LogP contribution in [0.1, 0.15) is 52.4 Å². The molecule has 0 fully saturated rings. The molecule has 142 valence electrons. The van der Waals surface area contributed by atoms with Crippen molar-refractivity contribution >= 4 is 11.9 Å².